The highest BCUT2D eigenvalue weighted by Gasteiger charge is 2.30. The molecule has 0 radical (unpaired) electrons. The van der Waals surface area contributed by atoms with E-state index in [9.17, 15) is 18.0 Å². The van der Waals surface area contributed by atoms with Crippen molar-refractivity contribution in [3.8, 4) is 11.4 Å². The summed E-state index contributed by atoms with van der Waals surface area (Å²) in [6, 6.07) is 13.0. The fourth-order valence-corrected chi connectivity index (χ4v) is 3.73. The minimum atomic E-state index is -4.40. The first-order valence-corrected chi connectivity index (χ1v) is 9.99. The molecule has 0 aliphatic carbocycles. The van der Waals surface area contributed by atoms with Gasteiger partial charge < -0.3 is 9.88 Å². The van der Waals surface area contributed by atoms with Crippen molar-refractivity contribution in [3.05, 3.63) is 81.3 Å². The van der Waals surface area contributed by atoms with Gasteiger partial charge in [0, 0.05) is 51.4 Å². The summed E-state index contributed by atoms with van der Waals surface area (Å²) in [6.07, 6.45) is -3.78. The first kappa shape index (κ1) is 21.1. The number of H-pyrrole nitrogens is 1. The van der Waals surface area contributed by atoms with Crippen molar-refractivity contribution in [2.24, 2.45) is 0 Å². The van der Waals surface area contributed by atoms with Crippen LogP contribution in [0, 0.1) is 0 Å². The van der Waals surface area contributed by atoms with Gasteiger partial charge in [0.1, 0.15) is 5.82 Å². The number of halogens is 3. The average Bonchev–Trinajstić information content (AvgIpc) is 2.74. The molecule has 5 nitrogen and oxygen atoms in total. The van der Waals surface area contributed by atoms with Gasteiger partial charge in [0.05, 0.1) is 16.8 Å². The molecule has 4 rings (SSSR count). The maximum absolute atomic E-state index is 12.8. The molecule has 1 aromatic heterocycles. The van der Waals surface area contributed by atoms with E-state index in [1.165, 1.54) is 17.7 Å². The Kier molecular flexibility index (Phi) is 5.58. The zero-order chi connectivity index (χ0) is 22.2. The minimum Gasteiger partial charge on any atom is -0.378 e. The molecule has 0 bridgehead atoms. The fraction of sp³-hybridized carbons (Fsp3) is 0.304. The highest BCUT2D eigenvalue weighted by atomic mass is 19.4. The SMILES string of the molecule is CN(C)c1ccc(CN2CCc3nc(-c4ccc(C(F)(F)F)cc4)[nH]c(=O)c3C2)cc1. The molecule has 3 aromatic rings. The van der Waals surface area contributed by atoms with Gasteiger partial charge in [-0.3, -0.25) is 9.69 Å². The predicted molar refractivity (Wildman–Crippen MR) is 114 cm³/mol. The van der Waals surface area contributed by atoms with Gasteiger partial charge in [0.25, 0.3) is 5.56 Å². The number of anilines is 1. The summed E-state index contributed by atoms with van der Waals surface area (Å²) in [7, 11) is 3.99. The largest absolute Gasteiger partial charge is 0.416 e. The molecule has 1 aliphatic heterocycles. The Morgan fingerprint density at radius 3 is 2.35 bits per heavy atom. The molecule has 0 fully saturated rings. The van der Waals surface area contributed by atoms with Crippen molar-refractivity contribution in [3.63, 3.8) is 0 Å². The number of benzene rings is 2. The molecule has 1 N–H and O–H groups in total. The highest BCUT2D eigenvalue weighted by molar-refractivity contribution is 5.56. The number of fused-ring (bicyclic) bond motifs is 1. The van der Waals surface area contributed by atoms with E-state index in [4.69, 9.17) is 0 Å². The third-order valence-electron chi connectivity index (χ3n) is 5.49. The van der Waals surface area contributed by atoms with Gasteiger partial charge in [-0.2, -0.15) is 13.2 Å². The fourth-order valence-electron chi connectivity index (χ4n) is 3.73. The van der Waals surface area contributed by atoms with E-state index < -0.39 is 11.7 Å². The lowest BCUT2D eigenvalue weighted by molar-refractivity contribution is -0.137. The van der Waals surface area contributed by atoms with Crippen molar-refractivity contribution >= 4 is 5.69 Å². The van der Waals surface area contributed by atoms with Gasteiger partial charge in [-0.25, -0.2) is 4.98 Å². The van der Waals surface area contributed by atoms with Crippen LogP contribution >= 0.6 is 0 Å². The second-order valence-electron chi connectivity index (χ2n) is 7.94. The van der Waals surface area contributed by atoms with Crippen LogP contribution in [-0.4, -0.2) is 35.5 Å². The van der Waals surface area contributed by atoms with E-state index in [2.05, 4.69) is 39.1 Å². The monoisotopic (exact) mass is 428 g/mol. The smallest absolute Gasteiger partial charge is 0.378 e. The standard InChI is InChI=1S/C23H23F3N4O/c1-29(2)18-9-3-15(4-10-18)13-30-12-11-20-19(14-30)22(31)28-21(27-20)16-5-7-17(8-6-16)23(24,25)26/h3-10H,11-14H2,1-2H3,(H,27,28,31). The van der Waals surface area contributed by atoms with Gasteiger partial charge in [0.15, 0.2) is 0 Å². The quantitative estimate of drug-likeness (QED) is 0.681. The number of aromatic amines is 1. The molecule has 31 heavy (non-hydrogen) atoms. The Bertz CT molecular complexity index is 1120. The van der Waals surface area contributed by atoms with Crippen LogP contribution in [0.25, 0.3) is 11.4 Å². The van der Waals surface area contributed by atoms with Crippen LogP contribution in [0.5, 0.6) is 0 Å². The first-order chi connectivity index (χ1) is 14.7. The second-order valence-corrected chi connectivity index (χ2v) is 7.94. The second kappa shape index (κ2) is 8.19. The summed E-state index contributed by atoms with van der Waals surface area (Å²) in [5.41, 5.74) is 3.10. The summed E-state index contributed by atoms with van der Waals surface area (Å²) in [4.78, 5) is 24.2. The van der Waals surface area contributed by atoms with Crippen LogP contribution < -0.4 is 10.5 Å². The Hall–Kier alpha value is -3.13. The van der Waals surface area contributed by atoms with Crippen LogP contribution in [-0.2, 0) is 25.7 Å². The molecular weight excluding hydrogens is 405 g/mol. The maximum atomic E-state index is 12.8. The average molecular weight is 428 g/mol. The number of rotatable bonds is 4. The van der Waals surface area contributed by atoms with E-state index in [1.54, 1.807) is 0 Å². The van der Waals surface area contributed by atoms with Gasteiger partial charge in [0.2, 0.25) is 0 Å². The number of hydrogen-bond acceptors (Lipinski definition) is 4. The highest BCUT2D eigenvalue weighted by Crippen LogP contribution is 2.30. The Labute approximate surface area is 178 Å². The van der Waals surface area contributed by atoms with Gasteiger partial charge in [-0.1, -0.05) is 24.3 Å². The Balaban J connectivity index is 1.51. The lowest BCUT2D eigenvalue weighted by Crippen LogP contribution is -2.35. The summed E-state index contributed by atoms with van der Waals surface area (Å²) in [6.45, 7) is 1.97. The van der Waals surface area contributed by atoms with E-state index in [1.807, 2.05) is 19.0 Å². The molecule has 2 aromatic carbocycles. The molecular formula is C23H23F3N4O. The van der Waals surface area contributed by atoms with Gasteiger partial charge in [-0.15, -0.1) is 0 Å². The maximum Gasteiger partial charge on any atom is 0.416 e. The van der Waals surface area contributed by atoms with E-state index in [0.29, 0.717) is 35.6 Å². The molecule has 0 atom stereocenters. The molecule has 0 unspecified atom stereocenters. The van der Waals surface area contributed by atoms with Crippen LogP contribution in [0.2, 0.25) is 0 Å². The lowest BCUT2D eigenvalue weighted by Gasteiger charge is -2.28. The summed E-state index contributed by atoms with van der Waals surface area (Å²) in [5.74, 6) is 0.296. The topological polar surface area (TPSA) is 52.2 Å². The third kappa shape index (κ3) is 4.64. The summed E-state index contributed by atoms with van der Waals surface area (Å²) in [5, 5.41) is 0. The van der Waals surface area contributed by atoms with Gasteiger partial charge >= 0.3 is 6.18 Å². The molecule has 0 spiro atoms. The molecule has 0 amide bonds. The zero-order valence-corrected chi connectivity index (χ0v) is 17.3. The first-order valence-electron chi connectivity index (χ1n) is 9.99. The molecule has 1 aliphatic rings. The molecule has 0 saturated heterocycles. The van der Waals surface area contributed by atoms with E-state index in [0.717, 1.165) is 30.9 Å². The number of nitrogens with one attached hydrogen (secondary N) is 1. The van der Waals surface area contributed by atoms with Crippen LogP contribution in [0.15, 0.2) is 53.3 Å². The summed E-state index contributed by atoms with van der Waals surface area (Å²) < 4.78 is 38.3. The zero-order valence-electron chi connectivity index (χ0n) is 17.3. The van der Waals surface area contributed by atoms with Crippen LogP contribution in [0.1, 0.15) is 22.4 Å². The van der Waals surface area contributed by atoms with Gasteiger partial charge in [-0.05, 0) is 29.8 Å². The van der Waals surface area contributed by atoms with Crippen molar-refractivity contribution in [2.45, 2.75) is 25.7 Å². The van der Waals surface area contributed by atoms with E-state index >= 15 is 0 Å². The number of alkyl halides is 3. The van der Waals surface area contributed by atoms with Crippen molar-refractivity contribution < 1.29 is 13.2 Å². The van der Waals surface area contributed by atoms with E-state index in [-0.39, 0.29) is 5.56 Å². The Morgan fingerprint density at radius 1 is 1.06 bits per heavy atom. The molecule has 8 heteroatoms. The molecule has 2 heterocycles. The lowest BCUT2D eigenvalue weighted by atomic mass is 10.0. The normalized spacial score (nSPS) is 14.4. The third-order valence-corrected chi connectivity index (χ3v) is 5.49. The number of aromatic nitrogens is 2. The Morgan fingerprint density at radius 2 is 1.74 bits per heavy atom. The van der Waals surface area contributed by atoms with Crippen LogP contribution in [0.3, 0.4) is 0 Å². The van der Waals surface area contributed by atoms with Crippen molar-refractivity contribution in [2.75, 3.05) is 25.5 Å². The predicted octanol–water partition coefficient (Wildman–Crippen LogP) is 4.08. The summed E-state index contributed by atoms with van der Waals surface area (Å²) >= 11 is 0. The van der Waals surface area contributed by atoms with Crippen molar-refractivity contribution in [1.29, 1.82) is 0 Å². The molecule has 0 saturated carbocycles. The van der Waals surface area contributed by atoms with Crippen molar-refractivity contribution in [1.82, 2.24) is 14.9 Å². The van der Waals surface area contributed by atoms with Crippen LogP contribution in [0.4, 0.5) is 18.9 Å². The number of nitrogens with zero attached hydrogens (tertiary/aromatic N) is 3. The number of hydrogen-bond donors (Lipinski definition) is 1. The minimum absolute atomic E-state index is 0.243. The molecule has 162 valence electrons.